The van der Waals surface area contributed by atoms with Gasteiger partial charge in [0.25, 0.3) is 5.91 Å². The standard InChI is InChI=1S/C26H27FN4O4/c1-34-21-7-5-17(6-8-21)23-14-31-16-28-24(22(31)15-35-23)26(33)30-11-9-18(10-12-30)25(32)29-20-4-2-3-19(27)13-20/h2-8,13,16,18,23H,9-12,14-15H2,1H3,(H,29,32). The van der Waals surface area contributed by atoms with Gasteiger partial charge in [0.2, 0.25) is 5.91 Å². The smallest absolute Gasteiger partial charge is 0.274 e. The Kier molecular flexibility index (Phi) is 6.50. The molecule has 3 heterocycles. The van der Waals surface area contributed by atoms with E-state index in [1.807, 2.05) is 28.8 Å². The van der Waals surface area contributed by atoms with Gasteiger partial charge in [-0.3, -0.25) is 9.59 Å². The molecule has 35 heavy (non-hydrogen) atoms. The van der Waals surface area contributed by atoms with Gasteiger partial charge in [-0.05, 0) is 48.7 Å². The molecule has 0 aliphatic carbocycles. The van der Waals surface area contributed by atoms with Crippen molar-refractivity contribution in [2.24, 2.45) is 5.92 Å². The van der Waals surface area contributed by atoms with E-state index in [2.05, 4.69) is 10.3 Å². The second-order valence-corrected chi connectivity index (χ2v) is 8.83. The third-order valence-corrected chi connectivity index (χ3v) is 6.67. The molecule has 1 atom stereocenters. The summed E-state index contributed by atoms with van der Waals surface area (Å²) in [5.41, 5.74) is 2.65. The molecule has 1 saturated heterocycles. The van der Waals surface area contributed by atoms with Crippen LogP contribution in [0.5, 0.6) is 5.75 Å². The topological polar surface area (TPSA) is 85.7 Å². The number of likely N-dealkylation sites (tertiary alicyclic amines) is 1. The first-order valence-corrected chi connectivity index (χ1v) is 11.7. The molecule has 0 bridgehead atoms. The Labute approximate surface area is 202 Å². The molecular formula is C26H27FN4O4. The summed E-state index contributed by atoms with van der Waals surface area (Å²) < 4.78 is 26.6. The molecule has 182 valence electrons. The SMILES string of the molecule is COc1ccc(C2Cn3cnc(C(=O)N4CCC(C(=O)Nc5cccc(F)c5)CC4)c3CO2)cc1. The molecule has 9 heteroatoms. The molecule has 2 amide bonds. The first kappa shape index (κ1) is 23.0. The van der Waals surface area contributed by atoms with Gasteiger partial charge in [0, 0.05) is 24.7 Å². The third-order valence-electron chi connectivity index (χ3n) is 6.67. The zero-order chi connectivity index (χ0) is 24.4. The molecule has 1 unspecified atom stereocenters. The normalized spacial score (nSPS) is 18.1. The van der Waals surface area contributed by atoms with Gasteiger partial charge in [-0.1, -0.05) is 18.2 Å². The van der Waals surface area contributed by atoms with Crippen LogP contribution in [0.15, 0.2) is 54.9 Å². The number of fused-ring (bicyclic) bond motifs is 1. The van der Waals surface area contributed by atoms with Crippen molar-refractivity contribution in [2.75, 3.05) is 25.5 Å². The van der Waals surface area contributed by atoms with Gasteiger partial charge < -0.3 is 24.3 Å². The Morgan fingerprint density at radius 2 is 1.91 bits per heavy atom. The van der Waals surface area contributed by atoms with Gasteiger partial charge in [-0.2, -0.15) is 0 Å². The van der Waals surface area contributed by atoms with E-state index in [-0.39, 0.29) is 23.8 Å². The lowest BCUT2D eigenvalue weighted by Gasteiger charge is -2.31. The number of nitrogens with one attached hydrogen (secondary N) is 1. The van der Waals surface area contributed by atoms with Crippen LogP contribution in [-0.4, -0.2) is 46.5 Å². The number of anilines is 1. The number of imidazole rings is 1. The molecule has 0 saturated carbocycles. The molecule has 2 aromatic carbocycles. The largest absolute Gasteiger partial charge is 0.497 e. The van der Waals surface area contributed by atoms with Crippen LogP contribution < -0.4 is 10.1 Å². The summed E-state index contributed by atoms with van der Waals surface area (Å²) in [5.74, 6) is -0.136. The van der Waals surface area contributed by atoms with E-state index >= 15 is 0 Å². The summed E-state index contributed by atoms with van der Waals surface area (Å²) in [6, 6.07) is 13.6. The lowest BCUT2D eigenvalue weighted by Crippen LogP contribution is -2.42. The van der Waals surface area contributed by atoms with Crippen molar-refractivity contribution in [1.29, 1.82) is 0 Å². The highest BCUT2D eigenvalue weighted by Gasteiger charge is 2.32. The fourth-order valence-electron chi connectivity index (χ4n) is 4.63. The number of carbonyl (C=O) groups is 2. The zero-order valence-corrected chi connectivity index (χ0v) is 19.4. The van der Waals surface area contributed by atoms with Gasteiger partial charge in [-0.15, -0.1) is 0 Å². The monoisotopic (exact) mass is 478 g/mol. The number of nitrogens with zero attached hydrogens (tertiary/aromatic N) is 3. The number of hydrogen-bond donors (Lipinski definition) is 1. The number of rotatable bonds is 5. The number of piperidine rings is 1. The van der Waals surface area contributed by atoms with Crippen molar-refractivity contribution in [3.63, 3.8) is 0 Å². The van der Waals surface area contributed by atoms with E-state index in [4.69, 9.17) is 9.47 Å². The van der Waals surface area contributed by atoms with E-state index < -0.39 is 5.82 Å². The van der Waals surface area contributed by atoms with Crippen LogP contribution in [0.1, 0.15) is 40.7 Å². The molecule has 0 spiro atoms. The van der Waals surface area contributed by atoms with Crippen LogP contribution in [-0.2, 0) is 22.7 Å². The van der Waals surface area contributed by atoms with Gasteiger partial charge >= 0.3 is 0 Å². The molecule has 1 N–H and O–H groups in total. The fraction of sp³-hybridized carbons (Fsp3) is 0.346. The number of ether oxygens (including phenoxy) is 2. The predicted octanol–water partition coefficient (Wildman–Crippen LogP) is 3.79. The van der Waals surface area contributed by atoms with Crippen molar-refractivity contribution in [2.45, 2.75) is 32.1 Å². The Balaban J connectivity index is 1.18. The maximum Gasteiger partial charge on any atom is 0.274 e. The Morgan fingerprint density at radius 1 is 1.14 bits per heavy atom. The van der Waals surface area contributed by atoms with Crippen LogP contribution in [0.25, 0.3) is 0 Å². The minimum atomic E-state index is -0.397. The minimum absolute atomic E-state index is 0.127. The first-order chi connectivity index (χ1) is 17.0. The number of amides is 2. The quantitative estimate of drug-likeness (QED) is 0.603. The summed E-state index contributed by atoms with van der Waals surface area (Å²) in [4.78, 5) is 31.9. The van der Waals surface area contributed by atoms with Crippen molar-refractivity contribution in [1.82, 2.24) is 14.5 Å². The van der Waals surface area contributed by atoms with Crippen LogP contribution in [0.4, 0.5) is 10.1 Å². The number of carbonyl (C=O) groups excluding carboxylic acids is 2. The molecule has 2 aliphatic heterocycles. The van der Waals surface area contributed by atoms with Crippen molar-refractivity contribution < 1.29 is 23.5 Å². The lowest BCUT2D eigenvalue weighted by molar-refractivity contribution is -0.121. The average molecular weight is 479 g/mol. The highest BCUT2D eigenvalue weighted by molar-refractivity contribution is 5.95. The predicted molar refractivity (Wildman–Crippen MR) is 126 cm³/mol. The summed E-state index contributed by atoms with van der Waals surface area (Å²) >= 11 is 0. The van der Waals surface area contributed by atoms with Gasteiger partial charge in [0.15, 0.2) is 5.69 Å². The lowest BCUT2D eigenvalue weighted by atomic mass is 9.95. The van der Waals surface area contributed by atoms with Crippen molar-refractivity contribution >= 4 is 17.5 Å². The number of hydrogen-bond acceptors (Lipinski definition) is 5. The molecule has 1 aromatic heterocycles. The summed E-state index contributed by atoms with van der Waals surface area (Å²) in [7, 11) is 1.63. The van der Waals surface area contributed by atoms with Crippen LogP contribution >= 0.6 is 0 Å². The number of halogens is 1. The second kappa shape index (κ2) is 9.87. The van der Waals surface area contributed by atoms with E-state index in [9.17, 15) is 14.0 Å². The summed E-state index contributed by atoms with van der Waals surface area (Å²) in [6.07, 6.45) is 2.65. The molecule has 8 nitrogen and oxygen atoms in total. The molecule has 5 rings (SSSR count). The Morgan fingerprint density at radius 3 is 2.63 bits per heavy atom. The average Bonchev–Trinajstić information content (AvgIpc) is 3.32. The van der Waals surface area contributed by atoms with E-state index in [1.54, 1.807) is 30.5 Å². The van der Waals surface area contributed by atoms with Crippen molar-refractivity contribution in [3.05, 3.63) is 77.6 Å². The summed E-state index contributed by atoms with van der Waals surface area (Å²) in [5, 5.41) is 2.77. The van der Waals surface area contributed by atoms with Crippen LogP contribution in [0, 0.1) is 11.7 Å². The maximum atomic E-state index is 13.4. The zero-order valence-electron chi connectivity index (χ0n) is 19.4. The molecule has 2 aliphatic rings. The Bertz CT molecular complexity index is 1220. The van der Waals surface area contributed by atoms with E-state index in [1.165, 1.54) is 12.1 Å². The number of methoxy groups -OCH3 is 1. The highest BCUT2D eigenvalue weighted by Crippen LogP contribution is 2.30. The third kappa shape index (κ3) is 4.90. The highest BCUT2D eigenvalue weighted by atomic mass is 19.1. The van der Waals surface area contributed by atoms with Crippen molar-refractivity contribution in [3.8, 4) is 5.75 Å². The maximum absolute atomic E-state index is 13.4. The Hall–Kier alpha value is -3.72. The summed E-state index contributed by atoms with van der Waals surface area (Å²) in [6.45, 7) is 1.79. The van der Waals surface area contributed by atoms with Gasteiger partial charge in [-0.25, -0.2) is 9.37 Å². The molecule has 1 fully saturated rings. The van der Waals surface area contributed by atoms with Crippen LogP contribution in [0.3, 0.4) is 0 Å². The minimum Gasteiger partial charge on any atom is -0.497 e. The van der Waals surface area contributed by atoms with Crippen LogP contribution in [0.2, 0.25) is 0 Å². The molecule has 0 radical (unpaired) electrons. The number of benzene rings is 2. The van der Waals surface area contributed by atoms with E-state index in [0.29, 0.717) is 50.5 Å². The number of aromatic nitrogens is 2. The van der Waals surface area contributed by atoms with E-state index in [0.717, 1.165) is 17.0 Å². The first-order valence-electron chi connectivity index (χ1n) is 11.7. The molecular weight excluding hydrogens is 451 g/mol. The van der Waals surface area contributed by atoms with Gasteiger partial charge in [0.05, 0.1) is 32.3 Å². The molecule has 3 aromatic rings. The van der Waals surface area contributed by atoms with Gasteiger partial charge in [0.1, 0.15) is 17.7 Å². The second-order valence-electron chi connectivity index (χ2n) is 8.83. The fourth-order valence-corrected chi connectivity index (χ4v) is 4.63.